The molecule has 0 bridgehead atoms. The number of benzene rings is 2. The molecule has 3 rings (SSSR count). The van der Waals surface area contributed by atoms with E-state index in [1.54, 1.807) is 7.11 Å². The zero-order valence-corrected chi connectivity index (χ0v) is 17.6. The van der Waals surface area contributed by atoms with E-state index in [2.05, 4.69) is 49.1 Å². The largest absolute Gasteiger partial charge is 0.497 e. The number of hydrogen-bond acceptors (Lipinski definition) is 3. The molecule has 1 saturated heterocycles. The van der Waals surface area contributed by atoms with Crippen molar-refractivity contribution >= 4 is 0 Å². The fraction of sp³-hybridized carbons (Fsp3) is 0.520. The van der Waals surface area contributed by atoms with Crippen LogP contribution in [0.25, 0.3) is 0 Å². The minimum atomic E-state index is -0.917. The molecule has 0 spiro atoms. The summed E-state index contributed by atoms with van der Waals surface area (Å²) in [4.78, 5) is 2.54. The second kappa shape index (κ2) is 9.58. The summed E-state index contributed by atoms with van der Waals surface area (Å²) in [5.41, 5.74) is 1.28. The van der Waals surface area contributed by atoms with Gasteiger partial charge in [0.15, 0.2) is 0 Å². The van der Waals surface area contributed by atoms with Gasteiger partial charge < -0.3 is 14.7 Å². The molecule has 3 heteroatoms. The number of methoxy groups -OCH3 is 1. The quantitative estimate of drug-likeness (QED) is 0.682. The topological polar surface area (TPSA) is 32.7 Å². The van der Waals surface area contributed by atoms with Crippen LogP contribution >= 0.6 is 0 Å². The average Bonchev–Trinajstić information content (AvgIpc) is 2.73. The number of hydrogen-bond donors (Lipinski definition) is 1. The molecule has 1 N–H and O–H groups in total. The second-order valence-corrected chi connectivity index (χ2v) is 8.58. The lowest BCUT2D eigenvalue weighted by molar-refractivity contribution is -0.0245. The van der Waals surface area contributed by atoms with Gasteiger partial charge in [0.1, 0.15) is 5.75 Å². The molecule has 0 amide bonds. The van der Waals surface area contributed by atoms with Gasteiger partial charge in [-0.05, 0) is 61.5 Å². The molecule has 0 radical (unpaired) electrons. The summed E-state index contributed by atoms with van der Waals surface area (Å²) in [5, 5.41) is 12.2. The summed E-state index contributed by atoms with van der Waals surface area (Å²) in [5.74, 6) is 1.24. The van der Waals surface area contributed by atoms with Crippen LogP contribution in [-0.2, 0) is 5.60 Å². The van der Waals surface area contributed by atoms with E-state index in [-0.39, 0.29) is 5.92 Å². The van der Waals surface area contributed by atoms with Crippen molar-refractivity contribution in [2.24, 2.45) is 5.92 Å². The van der Waals surface area contributed by atoms with Crippen molar-refractivity contribution in [3.8, 4) is 5.75 Å². The predicted octanol–water partition coefficient (Wildman–Crippen LogP) is 5.20. The van der Waals surface area contributed by atoms with E-state index in [0.29, 0.717) is 5.92 Å². The molecule has 3 nitrogen and oxygen atoms in total. The summed E-state index contributed by atoms with van der Waals surface area (Å²) >= 11 is 0. The number of rotatable bonds is 8. The predicted molar refractivity (Wildman–Crippen MR) is 116 cm³/mol. The SMILES string of the molecule is COc1ccc([C@](O)(CC(C)C)[C@@H](CN2CCCCC2)c2ccccc2)cc1. The van der Waals surface area contributed by atoms with E-state index in [1.165, 1.54) is 24.8 Å². The highest BCUT2D eigenvalue weighted by Crippen LogP contribution is 2.43. The Bertz CT molecular complexity index is 707. The third kappa shape index (κ3) is 4.95. The maximum absolute atomic E-state index is 12.2. The molecule has 2 aromatic rings. The lowest BCUT2D eigenvalue weighted by Crippen LogP contribution is -2.43. The van der Waals surface area contributed by atoms with Gasteiger partial charge in [-0.25, -0.2) is 0 Å². The monoisotopic (exact) mass is 381 g/mol. The number of piperidine rings is 1. The first-order valence-electron chi connectivity index (χ1n) is 10.7. The van der Waals surface area contributed by atoms with Crippen LogP contribution in [0.1, 0.15) is 56.6 Å². The van der Waals surface area contributed by atoms with E-state index in [4.69, 9.17) is 4.74 Å². The first-order valence-corrected chi connectivity index (χ1v) is 10.7. The van der Waals surface area contributed by atoms with E-state index < -0.39 is 5.60 Å². The van der Waals surface area contributed by atoms with Crippen LogP contribution in [0.5, 0.6) is 5.75 Å². The molecule has 2 atom stereocenters. The summed E-state index contributed by atoms with van der Waals surface area (Å²) in [6.45, 7) is 7.53. The number of ether oxygens (including phenoxy) is 1. The zero-order valence-electron chi connectivity index (χ0n) is 17.6. The number of likely N-dealkylation sites (tertiary alicyclic amines) is 1. The fourth-order valence-electron chi connectivity index (χ4n) is 4.58. The van der Waals surface area contributed by atoms with Crippen molar-refractivity contribution in [3.05, 3.63) is 65.7 Å². The highest BCUT2D eigenvalue weighted by Gasteiger charge is 2.40. The van der Waals surface area contributed by atoms with Crippen molar-refractivity contribution in [2.45, 2.75) is 51.0 Å². The smallest absolute Gasteiger partial charge is 0.118 e. The molecule has 0 saturated carbocycles. The minimum absolute atomic E-state index is 0.0302. The molecule has 0 aromatic heterocycles. The molecule has 1 aliphatic rings. The van der Waals surface area contributed by atoms with Crippen LogP contribution in [-0.4, -0.2) is 36.8 Å². The summed E-state index contributed by atoms with van der Waals surface area (Å²) in [7, 11) is 1.68. The molecule has 28 heavy (non-hydrogen) atoms. The van der Waals surface area contributed by atoms with Crippen molar-refractivity contribution in [3.63, 3.8) is 0 Å². The summed E-state index contributed by atoms with van der Waals surface area (Å²) in [6, 6.07) is 18.6. The highest BCUT2D eigenvalue weighted by molar-refractivity contribution is 5.35. The molecular weight excluding hydrogens is 346 g/mol. The van der Waals surface area contributed by atoms with E-state index in [0.717, 1.165) is 37.4 Å². The lowest BCUT2D eigenvalue weighted by Gasteiger charge is -2.42. The Kier molecular flexibility index (Phi) is 7.14. The van der Waals surface area contributed by atoms with Gasteiger partial charge in [0.25, 0.3) is 0 Å². The van der Waals surface area contributed by atoms with Crippen LogP contribution in [0.15, 0.2) is 54.6 Å². The molecule has 0 unspecified atom stereocenters. The molecule has 2 aromatic carbocycles. The zero-order chi connectivity index (χ0) is 20.0. The van der Waals surface area contributed by atoms with Crippen LogP contribution in [0.3, 0.4) is 0 Å². The van der Waals surface area contributed by atoms with Gasteiger partial charge in [0, 0.05) is 12.5 Å². The average molecular weight is 382 g/mol. The van der Waals surface area contributed by atoms with Crippen LogP contribution < -0.4 is 4.74 Å². The van der Waals surface area contributed by atoms with E-state index in [1.807, 2.05) is 24.3 Å². The van der Waals surface area contributed by atoms with Crippen LogP contribution in [0, 0.1) is 5.92 Å². The highest BCUT2D eigenvalue weighted by atomic mass is 16.5. The van der Waals surface area contributed by atoms with E-state index >= 15 is 0 Å². The van der Waals surface area contributed by atoms with Gasteiger partial charge in [-0.15, -0.1) is 0 Å². The van der Waals surface area contributed by atoms with Crippen molar-refractivity contribution in [1.82, 2.24) is 4.90 Å². The van der Waals surface area contributed by atoms with Crippen LogP contribution in [0.2, 0.25) is 0 Å². The number of aliphatic hydroxyl groups is 1. The Morgan fingerprint density at radius 3 is 2.18 bits per heavy atom. The molecule has 1 heterocycles. The Morgan fingerprint density at radius 2 is 1.61 bits per heavy atom. The van der Waals surface area contributed by atoms with Gasteiger partial charge in [-0.2, -0.15) is 0 Å². The van der Waals surface area contributed by atoms with Crippen molar-refractivity contribution in [1.29, 1.82) is 0 Å². The Balaban J connectivity index is 2.01. The van der Waals surface area contributed by atoms with E-state index in [9.17, 15) is 5.11 Å². The normalized spacial score (nSPS) is 18.6. The second-order valence-electron chi connectivity index (χ2n) is 8.58. The third-order valence-corrected chi connectivity index (χ3v) is 5.98. The molecular formula is C25H35NO2. The molecule has 152 valence electrons. The van der Waals surface area contributed by atoms with Gasteiger partial charge in [0.2, 0.25) is 0 Å². The van der Waals surface area contributed by atoms with Crippen molar-refractivity contribution < 1.29 is 9.84 Å². The van der Waals surface area contributed by atoms with Crippen LogP contribution in [0.4, 0.5) is 0 Å². The molecule has 1 fully saturated rings. The minimum Gasteiger partial charge on any atom is -0.497 e. The Morgan fingerprint density at radius 1 is 0.964 bits per heavy atom. The molecule has 1 aliphatic heterocycles. The Labute approximate surface area is 170 Å². The summed E-state index contributed by atoms with van der Waals surface area (Å²) in [6.07, 6.45) is 4.56. The Hall–Kier alpha value is -1.84. The maximum Gasteiger partial charge on any atom is 0.118 e. The van der Waals surface area contributed by atoms with Gasteiger partial charge in [-0.3, -0.25) is 0 Å². The number of nitrogens with zero attached hydrogens (tertiary/aromatic N) is 1. The first kappa shape index (κ1) is 20.9. The summed E-state index contributed by atoms with van der Waals surface area (Å²) < 4.78 is 5.34. The van der Waals surface area contributed by atoms with Gasteiger partial charge in [0.05, 0.1) is 12.7 Å². The van der Waals surface area contributed by atoms with Gasteiger partial charge >= 0.3 is 0 Å². The van der Waals surface area contributed by atoms with Crippen molar-refractivity contribution in [2.75, 3.05) is 26.7 Å². The lowest BCUT2D eigenvalue weighted by atomic mass is 9.72. The fourth-order valence-corrected chi connectivity index (χ4v) is 4.58. The maximum atomic E-state index is 12.2. The standard InChI is InChI=1S/C25H35NO2/c1-20(2)18-25(27,22-12-14-23(28-3)15-13-22)24(21-10-6-4-7-11-21)19-26-16-8-5-9-17-26/h4,6-7,10-15,20,24,27H,5,8-9,16-19H2,1-3H3/t24-,25+/m0/s1. The van der Waals surface area contributed by atoms with Gasteiger partial charge in [-0.1, -0.05) is 62.7 Å². The molecule has 0 aliphatic carbocycles. The first-order chi connectivity index (χ1) is 13.5. The third-order valence-electron chi connectivity index (χ3n) is 5.98.